The van der Waals surface area contributed by atoms with Crippen molar-refractivity contribution in [1.82, 2.24) is 26.2 Å². The lowest BCUT2D eigenvalue weighted by molar-refractivity contribution is -0.140. The molecule has 2 saturated heterocycles. The van der Waals surface area contributed by atoms with Crippen LogP contribution in [0.2, 0.25) is 0 Å². The molecule has 10 nitrogen and oxygen atoms in total. The summed E-state index contributed by atoms with van der Waals surface area (Å²) in [6.07, 6.45) is -0.887. The molecule has 11 heteroatoms. The Bertz CT molecular complexity index is 844. The highest BCUT2D eigenvalue weighted by molar-refractivity contribution is 8.00. The van der Waals surface area contributed by atoms with Gasteiger partial charge in [-0.05, 0) is 26.0 Å². The van der Waals surface area contributed by atoms with E-state index >= 15 is 0 Å². The molecule has 3 rings (SSSR count). The van der Waals surface area contributed by atoms with Gasteiger partial charge in [0, 0.05) is 25.6 Å². The van der Waals surface area contributed by atoms with Crippen LogP contribution in [0.25, 0.3) is 0 Å². The standard InChI is InChI=1S/C21H29N5O5S/c1-12-9-26(10-13(2)31-12)16(28)11-32-21-24-18(22-14(3)27)17(20(30)25-21)23-19(29)15-7-5-4-6-8-15/h4-8,12-13,17-18,21,24H,9-11H2,1-3H3,(H,22,27)(H,23,29)(H,25,30). The zero-order valence-corrected chi connectivity index (χ0v) is 19.1. The summed E-state index contributed by atoms with van der Waals surface area (Å²) in [5.74, 6) is -1.15. The number of morpholine rings is 1. The Kier molecular flexibility index (Phi) is 8.10. The molecule has 2 aliphatic heterocycles. The van der Waals surface area contributed by atoms with Gasteiger partial charge in [-0.1, -0.05) is 18.2 Å². The van der Waals surface area contributed by atoms with Crippen LogP contribution in [0.1, 0.15) is 31.1 Å². The maximum absolute atomic E-state index is 12.8. The van der Waals surface area contributed by atoms with E-state index in [0.29, 0.717) is 18.7 Å². The van der Waals surface area contributed by atoms with E-state index in [1.807, 2.05) is 13.8 Å². The van der Waals surface area contributed by atoms with Gasteiger partial charge in [0.2, 0.25) is 17.7 Å². The molecule has 4 N–H and O–H groups in total. The van der Waals surface area contributed by atoms with Gasteiger partial charge in [-0.25, -0.2) is 0 Å². The quantitative estimate of drug-likeness (QED) is 0.453. The third-order valence-corrected chi connectivity index (χ3v) is 6.05. The summed E-state index contributed by atoms with van der Waals surface area (Å²) in [7, 11) is 0. The van der Waals surface area contributed by atoms with Gasteiger partial charge in [-0.2, -0.15) is 0 Å². The Morgan fingerprint density at radius 1 is 1.12 bits per heavy atom. The number of carbonyl (C=O) groups excluding carboxylic acids is 4. The molecule has 174 valence electrons. The van der Waals surface area contributed by atoms with Crippen molar-refractivity contribution < 1.29 is 23.9 Å². The predicted molar refractivity (Wildman–Crippen MR) is 119 cm³/mol. The Morgan fingerprint density at radius 3 is 2.41 bits per heavy atom. The number of amides is 4. The summed E-state index contributed by atoms with van der Waals surface area (Å²) >= 11 is 1.21. The van der Waals surface area contributed by atoms with Crippen LogP contribution in [0, 0.1) is 0 Å². The maximum Gasteiger partial charge on any atom is 0.252 e. The molecule has 1 aromatic carbocycles. The fraction of sp³-hybridized carbons (Fsp3) is 0.524. The highest BCUT2D eigenvalue weighted by Gasteiger charge is 2.38. The predicted octanol–water partition coefficient (Wildman–Crippen LogP) is -0.381. The van der Waals surface area contributed by atoms with Crippen molar-refractivity contribution in [2.75, 3.05) is 18.8 Å². The first-order chi connectivity index (χ1) is 15.2. The first-order valence-electron chi connectivity index (χ1n) is 10.5. The van der Waals surface area contributed by atoms with Crippen molar-refractivity contribution in [1.29, 1.82) is 0 Å². The van der Waals surface area contributed by atoms with Crippen LogP contribution in [0.5, 0.6) is 0 Å². The molecule has 32 heavy (non-hydrogen) atoms. The van der Waals surface area contributed by atoms with Crippen LogP contribution < -0.4 is 21.3 Å². The zero-order chi connectivity index (χ0) is 23.3. The SMILES string of the molecule is CC(=O)NC1NC(SCC(=O)N2CC(C)OC(C)C2)NC(=O)C1NC(=O)c1ccccc1. The van der Waals surface area contributed by atoms with Gasteiger partial charge in [0.25, 0.3) is 5.91 Å². The van der Waals surface area contributed by atoms with E-state index in [1.54, 1.807) is 35.2 Å². The molecule has 1 aromatic rings. The molecule has 0 spiro atoms. The van der Waals surface area contributed by atoms with E-state index in [4.69, 9.17) is 4.74 Å². The molecule has 0 bridgehead atoms. The minimum Gasteiger partial charge on any atom is -0.372 e. The molecular weight excluding hydrogens is 434 g/mol. The molecule has 2 fully saturated rings. The third-order valence-electron chi connectivity index (χ3n) is 5.05. The van der Waals surface area contributed by atoms with Crippen LogP contribution in [0.4, 0.5) is 0 Å². The summed E-state index contributed by atoms with van der Waals surface area (Å²) in [5.41, 5.74) is -0.206. The summed E-state index contributed by atoms with van der Waals surface area (Å²) in [6, 6.07) is 7.48. The highest BCUT2D eigenvalue weighted by atomic mass is 32.2. The lowest BCUT2D eigenvalue weighted by Crippen LogP contribution is -2.72. The number of carbonyl (C=O) groups is 4. The van der Waals surface area contributed by atoms with Crippen molar-refractivity contribution in [3.63, 3.8) is 0 Å². The molecule has 0 saturated carbocycles. The Labute approximate surface area is 191 Å². The zero-order valence-electron chi connectivity index (χ0n) is 18.3. The number of benzene rings is 1. The topological polar surface area (TPSA) is 129 Å². The molecule has 0 radical (unpaired) electrons. The summed E-state index contributed by atoms with van der Waals surface area (Å²) in [6.45, 7) is 6.23. The van der Waals surface area contributed by atoms with Crippen LogP contribution in [-0.2, 0) is 19.1 Å². The van der Waals surface area contributed by atoms with Crippen molar-refractivity contribution >= 4 is 35.4 Å². The van der Waals surface area contributed by atoms with Gasteiger partial charge in [0.05, 0.1) is 18.0 Å². The molecule has 2 heterocycles. The van der Waals surface area contributed by atoms with Crippen LogP contribution >= 0.6 is 11.8 Å². The second-order valence-corrected chi connectivity index (χ2v) is 9.01. The van der Waals surface area contributed by atoms with Gasteiger partial charge in [0.1, 0.15) is 17.7 Å². The van der Waals surface area contributed by atoms with E-state index in [-0.39, 0.29) is 29.8 Å². The minimum atomic E-state index is -1.01. The Hall–Kier alpha value is -2.63. The minimum absolute atomic E-state index is 0.0293. The molecule has 4 amide bonds. The molecule has 5 atom stereocenters. The van der Waals surface area contributed by atoms with E-state index in [2.05, 4.69) is 21.3 Å². The van der Waals surface area contributed by atoms with E-state index < -0.39 is 29.5 Å². The van der Waals surface area contributed by atoms with Gasteiger partial charge in [0.15, 0.2) is 0 Å². The summed E-state index contributed by atoms with van der Waals surface area (Å²) in [5, 5.41) is 11.2. The second kappa shape index (κ2) is 10.8. The number of thioether (sulfide) groups is 1. The highest BCUT2D eigenvalue weighted by Crippen LogP contribution is 2.16. The fourth-order valence-corrected chi connectivity index (χ4v) is 4.63. The van der Waals surface area contributed by atoms with Gasteiger partial charge >= 0.3 is 0 Å². The van der Waals surface area contributed by atoms with Crippen LogP contribution in [0.15, 0.2) is 30.3 Å². The third kappa shape index (κ3) is 6.44. The molecule has 5 unspecified atom stereocenters. The van der Waals surface area contributed by atoms with Crippen molar-refractivity contribution in [2.45, 2.75) is 50.7 Å². The van der Waals surface area contributed by atoms with Gasteiger partial charge in [-0.15, -0.1) is 11.8 Å². The molecular formula is C21H29N5O5S. The smallest absolute Gasteiger partial charge is 0.252 e. The lowest BCUT2D eigenvalue weighted by atomic mass is 10.1. The largest absolute Gasteiger partial charge is 0.372 e. The number of hydrogen-bond acceptors (Lipinski definition) is 7. The Morgan fingerprint density at radius 2 is 1.78 bits per heavy atom. The first kappa shape index (κ1) is 24.0. The average molecular weight is 464 g/mol. The van der Waals surface area contributed by atoms with Crippen LogP contribution in [-0.4, -0.2) is 77.3 Å². The van der Waals surface area contributed by atoms with Crippen molar-refractivity contribution in [3.8, 4) is 0 Å². The van der Waals surface area contributed by atoms with E-state index in [1.165, 1.54) is 18.7 Å². The number of ether oxygens (including phenoxy) is 1. The van der Waals surface area contributed by atoms with Crippen LogP contribution in [0.3, 0.4) is 0 Å². The number of nitrogens with zero attached hydrogens (tertiary/aromatic N) is 1. The van der Waals surface area contributed by atoms with E-state index in [0.717, 1.165) is 0 Å². The fourth-order valence-electron chi connectivity index (χ4n) is 3.70. The van der Waals surface area contributed by atoms with Crippen molar-refractivity contribution in [2.24, 2.45) is 0 Å². The maximum atomic E-state index is 12.8. The molecule has 0 aromatic heterocycles. The second-order valence-electron chi connectivity index (χ2n) is 7.92. The number of hydrogen-bond donors (Lipinski definition) is 4. The molecule has 0 aliphatic carbocycles. The van der Waals surface area contributed by atoms with E-state index in [9.17, 15) is 19.2 Å². The van der Waals surface area contributed by atoms with Crippen molar-refractivity contribution in [3.05, 3.63) is 35.9 Å². The average Bonchev–Trinajstić information content (AvgIpc) is 2.73. The first-order valence-corrected chi connectivity index (χ1v) is 11.5. The van der Waals surface area contributed by atoms with Gasteiger partial charge in [-0.3, -0.25) is 24.5 Å². The Balaban J connectivity index is 1.60. The number of nitrogens with one attached hydrogen (secondary N) is 4. The summed E-state index contributed by atoms with van der Waals surface area (Å²) in [4.78, 5) is 51.3. The summed E-state index contributed by atoms with van der Waals surface area (Å²) < 4.78 is 5.66. The monoisotopic (exact) mass is 463 g/mol. The lowest BCUT2D eigenvalue weighted by Gasteiger charge is -2.38. The normalized spacial score (nSPS) is 27.9. The number of rotatable bonds is 6. The molecule has 2 aliphatic rings. The van der Waals surface area contributed by atoms with Gasteiger partial charge < -0.3 is 25.6 Å².